The summed E-state index contributed by atoms with van der Waals surface area (Å²) in [4.78, 5) is 32.5. The van der Waals surface area contributed by atoms with Crippen LogP contribution < -0.4 is 10.1 Å². The number of fused-ring (bicyclic) bond motifs is 1. The van der Waals surface area contributed by atoms with Crippen LogP contribution in [0.25, 0.3) is 11.0 Å². The maximum Gasteiger partial charge on any atom is 0.254 e. The Hall–Kier alpha value is -3.13. The van der Waals surface area contributed by atoms with Crippen molar-refractivity contribution in [2.75, 3.05) is 26.0 Å². The van der Waals surface area contributed by atoms with Gasteiger partial charge in [0.25, 0.3) is 5.91 Å². The number of hydrogen-bond acceptors (Lipinski definition) is 5. The average Bonchev–Trinajstić information content (AvgIpc) is 3.09. The van der Waals surface area contributed by atoms with Gasteiger partial charge in [0.15, 0.2) is 5.65 Å². The van der Waals surface area contributed by atoms with Gasteiger partial charge in [0, 0.05) is 17.8 Å². The van der Waals surface area contributed by atoms with Gasteiger partial charge in [-0.15, -0.1) is 0 Å². The van der Waals surface area contributed by atoms with Crippen LogP contribution in [0.15, 0.2) is 24.3 Å². The molecule has 3 aromatic rings. The van der Waals surface area contributed by atoms with E-state index in [9.17, 15) is 9.59 Å². The monoisotopic (exact) mass is 485 g/mol. The highest BCUT2D eigenvalue weighted by Crippen LogP contribution is 2.30. The van der Waals surface area contributed by atoms with Crippen LogP contribution in [0, 0.1) is 6.92 Å². The molecule has 8 nitrogen and oxygen atoms in total. The van der Waals surface area contributed by atoms with E-state index >= 15 is 0 Å². The topological polar surface area (TPSA) is 89.3 Å². The van der Waals surface area contributed by atoms with Gasteiger partial charge in [0.2, 0.25) is 5.91 Å². The second-order valence-electron chi connectivity index (χ2n) is 9.67. The van der Waals surface area contributed by atoms with Crippen molar-refractivity contribution in [1.82, 2.24) is 19.7 Å². The van der Waals surface area contributed by atoms with Gasteiger partial charge in [-0.1, -0.05) is 25.4 Å². The van der Waals surface area contributed by atoms with E-state index in [-0.39, 0.29) is 29.8 Å². The van der Waals surface area contributed by atoms with E-state index in [1.807, 2.05) is 52.3 Å². The summed E-state index contributed by atoms with van der Waals surface area (Å²) in [5.41, 5.74) is 2.80. The molecular formula is C25H32ClN5O3. The third kappa shape index (κ3) is 5.17. The van der Waals surface area contributed by atoms with Gasteiger partial charge < -0.3 is 15.0 Å². The highest BCUT2D eigenvalue weighted by molar-refractivity contribution is 6.31. The number of amides is 2. The summed E-state index contributed by atoms with van der Waals surface area (Å²) in [6, 6.07) is 6.76. The molecule has 0 spiro atoms. The van der Waals surface area contributed by atoms with Crippen molar-refractivity contribution in [3.8, 4) is 5.75 Å². The Bertz CT molecular complexity index is 1240. The van der Waals surface area contributed by atoms with Crippen LogP contribution >= 0.6 is 11.6 Å². The molecular weight excluding hydrogens is 454 g/mol. The number of halogens is 1. The Balaban J connectivity index is 1.95. The number of carbonyl (C=O) groups is 2. The van der Waals surface area contributed by atoms with E-state index in [1.165, 1.54) is 12.0 Å². The molecule has 0 atom stereocenters. The fraction of sp³-hybridized carbons (Fsp3) is 0.440. The van der Waals surface area contributed by atoms with Gasteiger partial charge in [0.05, 0.1) is 41.5 Å². The highest BCUT2D eigenvalue weighted by atomic mass is 35.5. The number of methoxy groups -OCH3 is 1. The van der Waals surface area contributed by atoms with E-state index in [4.69, 9.17) is 21.3 Å². The lowest BCUT2D eigenvalue weighted by molar-refractivity contribution is -0.116. The largest absolute Gasteiger partial charge is 0.495 e. The molecule has 0 bridgehead atoms. The quantitative estimate of drug-likeness (QED) is 0.531. The number of aryl methyl sites for hydroxylation is 1. The zero-order chi connectivity index (χ0) is 25.4. The van der Waals surface area contributed by atoms with Crippen LogP contribution in [-0.2, 0) is 10.3 Å². The van der Waals surface area contributed by atoms with E-state index in [2.05, 4.69) is 10.4 Å². The van der Waals surface area contributed by atoms with Crippen LogP contribution in [0.2, 0.25) is 5.02 Å². The van der Waals surface area contributed by atoms with Gasteiger partial charge in [0.1, 0.15) is 5.75 Å². The summed E-state index contributed by atoms with van der Waals surface area (Å²) >= 11 is 6.05. The normalized spacial score (nSPS) is 11.7. The predicted molar refractivity (Wildman–Crippen MR) is 135 cm³/mol. The maximum absolute atomic E-state index is 13.5. The van der Waals surface area contributed by atoms with Gasteiger partial charge >= 0.3 is 0 Å². The van der Waals surface area contributed by atoms with E-state index in [0.717, 1.165) is 11.4 Å². The lowest BCUT2D eigenvalue weighted by atomic mass is 10.0. The number of anilines is 1. The molecule has 0 aliphatic carbocycles. The first-order chi connectivity index (χ1) is 15.8. The molecule has 0 radical (unpaired) electrons. The van der Waals surface area contributed by atoms with Gasteiger partial charge in [-0.3, -0.25) is 9.59 Å². The van der Waals surface area contributed by atoms with Crippen LogP contribution in [0.5, 0.6) is 5.75 Å². The summed E-state index contributed by atoms with van der Waals surface area (Å²) in [7, 11) is 3.11. The molecule has 1 aromatic carbocycles. The Labute approximate surface area is 205 Å². The number of likely N-dealkylation sites (N-methyl/N-ethyl adjacent to an activating group) is 1. The Morgan fingerprint density at radius 2 is 1.91 bits per heavy atom. The smallest absolute Gasteiger partial charge is 0.254 e. The van der Waals surface area contributed by atoms with Gasteiger partial charge in [-0.05, 0) is 57.9 Å². The number of rotatable bonds is 6. The van der Waals surface area contributed by atoms with Crippen LogP contribution in [0.1, 0.15) is 62.3 Å². The van der Waals surface area contributed by atoms with Crippen molar-refractivity contribution in [3.05, 3.63) is 46.2 Å². The number of ether oxygens (including phenoxy) is 1. The number of hydrogen-bond donors (Lipinski definition) is 1. The van der Waals surface area contributed by atoms with E-state index in [1.54, 1.807) is 25.2 Å². The van der Waals surface area contributed by atoms with Crippen molar-refractivity contribution in [2.24, 2.45) is 0 Å². The van der Waals surface area contributed by atoms with E-state index in [0.29, 0.717) is 33.1 Å². The third-order valence-corrected chi connectivity index (χ3v) is 5.69. The first-order valence-electron chi connectivity index (χ1n) is 11.1. The number of nitrogens with zero attached hydrogens (tertiary/aromatic N) is 4. The zero-order valence-electron chi connectivity index (χ0n) is 21.0. The molecule has 3 rings (SSSR count). The molecule has 2 heterocycles. The fourth-order valence-corrected chi connectivity index (χ4v) is 3.87. The fourth-order valence-electron chi connectivity index (χ4n) is 3.70. The molecule has 0 aliphatic rings. The van der Waals surface area contributed by atoms with E-state index < -0.39 is 0 Å². The lowest BCUT2D eigenvalue weighted by Crippen LogP contribution is -2.35. The number of benzene rings is 1. The minimum atomic E-state index is -0.368. The minimum absolute atomic E-state index is 0.114. The maximum atomic E-state index is 13.5. The third-order valence-electron chi connectivity index (χ3n) is 5.45. The molecule has 9 heteroatoms. The predicted octanol–water partition coefficient (Wildman–Crippen LogP) is 4.99. The number of pyridine rings is 1. The van der Waals surface area contributed by atoms with Gasteiger partial charge in [-0.2, -0.15) is 5.10 Å². The van der Waals surface area contributed by atoms with Gasteiger partial charge in [-0.25, -0.2) is 9.67 Å². The molecule has 2 amide bonds. The lowest BCUT2D eigenvalue weighted by Gasteiger charge is -2.21. The molecule has 0 fully saturated rings. The molecule has 1 N–H and O–H groups in total. The van der Waals surface area contributed by atoms with Crippen molar-refractivity contribution in [2.45, 2.75) is 53.0 Å². The average molecular weight is 486 g/mol. The highest BCUT2D eigenvalue weighted by Gasteiger charge is 2.27. The first-order valence-corrected chi connectivity index (χ1v) is 11.5. The summed E-state index contributed by atoms with van der Waals surface area (Å²) in [5, 5.41) is 8.62. The summed E-state index contributed by atoms with van der Waals surface area (Å²) in [6.07, 6.45) is 0. The molecule has 0 unspecified atom stereocenters. The number of aromatic nitrogens is 3. The molecule has 34 heavy (non-hydrogen) atoms. The molecule has 2 aromatic heterocycles. The van der Waals surface area contributed by atoms with Crippen LogP contribution in [-0.4, -0.2) is 52.2 Å². The molecule has 0 aliphatic heterocycles. The summed E-state index contributed by atoms with van der Waals surface area (Å²) < 4.78 is 7.14. The van der Waals surface area contributed by atoms with Crippen LogP contribution in [0.3, 0.4) is 0 Å². The second-order valence-corrected chi connectivity index (χ2v) is 10.1. The minimum Gasteiger partial charge on any atom is -0.495 e. The number of nitrogens with one attached hydrogen (secondary N) is 1. The zero-order valence-corrected chi connectivity index (χ0v) is 21.7. The second kappa shape index (κ2) is 9.62. The first kappa shape index (κ1) is 25.5. The molecule has 182 valence electrons. The van der Waals surface area contributed by atoms with Crippen molar-refractivity contribution in [1.29, 1.82) is 0 Å². The Morgan fingerprint density at radius 3 is 2.50 bits per heavy atom. The Morgan fingerprint density at radius 1 is 1.24 bits per heavy atom. The van der Waals surface area contributed by atoms with Crippen molar-refractivity contribution < 1.29 is 14.3 Å². The Kier molecular flexibility index (Phi) is 7.21. The molecule has 0 saturated carbocycles. The summed E-state index contributed by atoms with van der Waals surface area (Å²) in [5.74, 6) is -0.0511. The van der Waals surface area contributed by atoms with Crippen molar-refractivity contribution >= 4 is 40.1 Å². The van der Waals surface area contributed by atoms with Crippen LogP contribution in [0.4, 0.5) is 5.69 Å². The standard InChI is InChI=1S/C25H32ClN5O3/c1-14(2)18-12-17(22-15(3)29-31(23(22)28-18)25(4,5)6)24(33)30(7)13-21(32)27-19-11-16(26)9-10-20(19)34-8/h9-12,14H,13H2,1-8H3,(H,27,32). The number of carbonyl (C=O) groups excluding carboxylic acids is 2. The molecule has 0 saturated heterocycles. The SMILES string of the molecule is COc1ccc(Cl)cc1NC(=O)CN(C)C(=O)c1cc(C(C)C)nc2c1c(C)nn2C(C)(C)C. The van der Waals surface area contributed by atoms with Crippen molar-refractivity contribution in [3.63, 3.8) is 0 Å². The summed E-state index contributed by atoms with van der Waals surface area (Å²) in [6.45, 7) is 11.9.